The highest BCUT2D eigenvalue weighted by atomic mass is 32.2. The summed E-state index contributed by atoms with van der Waals surface area (Å²) in [7, 11) is -3.64. The van der Waals surface area contributed by atoms with Gasteiger partial charge in [0.15, 0.2) is 0 Å². The molecule has 1 heterocycles. The van der Waals surface area contributed by atoms with E-state index in [2.05, 4.69) is 15.4 Å². The van der Waals surface area contributed by atoms with Gasteiger partial charge in [-0.3, -0.25) is 9.59 Å². The van der Waals surface area contributed by atoms with Gasteiger partial charge in [0.1, 0.15) is 0 Å². The fourth-order valence-corrected chi connectivity index (χ4v) is 4.38. The number of carbonyl (C=O) groups excluding carboxylic acids is 2. The summed E-state index contributed by atoms with van der Waals surface area (Å²) < 4.78 is 27.5. The topological polar surface area (TPSA) is 104 Å². The van der Waals surface area contributed by atoms with Crippen LogP contribution in [0, 0.1) is 0 Å². The van der Waals surface area contributed by atoms with Gasteiger partial charge in [-0.05, 0) is 60.0 Å². The highest BCUT2D eigenvalue weighted by Crippen LogP contribution is 2.24. The Morgan fingerprint density at radius 1 is 0.968 bits per heavy atom. The SMILES string of the molecule is O=C1Cc2cc(C(=O)Nc3ccc(S(=O)(=O)NCCc4ccccc4)cc3)ccc2N1. The first-order valence-corrected chi connectivity index (χ1v) is 11.3. The van der Waals surface area contributed by atoms with Crippen LogP contribution in [0.4, 0.5) is 11.4 Å². The van der Waals surface area contributed by atoms with E-state index in [4.69, 9.17) is 0 Å². The van der Waals surface area contributed by atoms with Gasteiger partial charge in [0.2, 0.25) is 15.9 Å². The molecule has 0 unspecified atom stereocenters. The maximum atomic E-state index is 12.5. The molecule has 2 amide bonds. The van der Waals surface area contributed by atoms with Crippen LogP contribution >= 0.6 is 0 Å². The van der Waals surface area contributed by atoms with E-state index in [9.17, 15) is 18.0 Å². The van der Waals surface area contributed by atoms with Crippen molar-refractivity contribution in [3.63, 3.8) is 0 Å². The zero-order valence-corrected chi connectivity index (χ0v) is 17.4. The molecule has 8 heteroatoms. The fourth-order valence-electron chi connectivity index (χ4n) is 3.35. The van der Waals surface area contributed by atoms with Crippen LogP contribution in [0.15, 0.2) is 77.7 Å². The number of hydrogen-bond donors (Lipinski definition) is 3. The van der Waals surface area contributed by atoms with Crippen LogP contribution in [0.5, 0.6) is 0 Å². The van der Waals surface area contributed by atoms with Crippen molar-refractivity contribution in [1.29, 1.82) is 0 Å². The number of fused-ring (bicyclic) bond motifs is 1. The van der Waals surface area contributed by atoms with Crippen molar-refractivity contribution >= 4 is 33.2 Å². The number of hydrogen-bond acceptors (Lipinski definition) is 4. The summed E-state index contributed by atoms with van der Waals surface area (Å²) in [5, 5.41) is 5.47. The molecule has 1 aliphatic heterocycles. The Kier molecular flexibility index (Phi) is 5.83. The van der Waals surface area contributed by atoms with Gasteiger partial charge in [0.25, 0.3) is 5.91 Å². The van der Waals surface area contributed by atoms with Gasteiger partial charge in [-0.1, -0.05) is 30.3 Å². The highest BCUT2D eigenvalue weighted by Gasteiger charge is 2.19. The van der Waals surface area contributed by atoms with Gasteiger partial charge >= 0.3 is 0 Å². The van der Waals surface area contributed by atoms with E-state index in [-0.39, 0.29) is 23.1 Å². The molecule has 3 N–H and O–H groups in total. The summed E-state index contributed by atoms with van der Waals surface area (Å²) in [6, 6.07) is 20.6. The molecule has 158 valence electrons. The first kappa shape index (κ1) is 20.8. The Balaban J connectivity index is 1.37. The highest BCUT2D eigenvalue weighted by molar-refractivity contribution is 7.89. The third kappa shape index (κ3) is 4.99. The molecule has 4 rings (SSSR count). The van der Waals surface area contributed by atoms with Crippen molar-refractivity contribution in [3.05, 3.63) is 89.5 Å². The van der Waals surface area contributed by atoms with E-state index < -0.39 is 10.0 Å². The van der Waals surface area contributed by atoms with Crippen molar-refractivity contribution in [2.24, 2.45) is 0 Å². The monoisotopic (exact) mass is 435 g/mol. The van der Waals surface area contributed by atoms with E-state index in [0.717, 1.165) is 16.8 Å². The second-order valence-electron chi connectivity index (χ2n) is 7.21. The molecule has 0 spiro atoms. The van der Waals surface area contributed by atoms with Crippen LogP contribution in [-0.2, 0) is 27.7 Å². The Morgan fingerprint density at radius 3 is 2.45 bits per heavy atom. The molecule has 7 nitrogen and oxygen atoms in total. The number of rotatable bonds is 7. The fraction of sp³-hybridized carbons (Fsp3) is 0.130. The van der Waals surface area contributed by atoms with Crippen molar-refractivity contribution in [1.82, 2.24) is 4.72 Å². The molecule has 31 heavy (non-hydrogen) atoms. The zero-order chi connectivity index (χ0) is 21.8. The molecule has 1 aliphatic rings. The summed E-state index contributed by atoms with van der Waals surface area (Å²) in [4.78, 5) is 24.1. The number of anilines is 2. The van der Waals surface area contributed by atoms with Crippen LogP contribution < -0.4 is 15.4 Å². The van der Waals surface area contributed by atoms with E-state index in [0.29, 0.717) is 24.2 Å². The number of amides is 2. The standard InChI is InChI=1S/C23H21N3O4S/c27-22-15-18-14-17(6-11-21(18)26-22)23(28)25-19-7-9-20(10-8-19)31(29,30)24-13-12-16-4-2-1-3-5-16/h1-11,14,24H,12-13,15H2,(H,25,28)(H,26,27). The molecular weight excluding hydrogens is 414 g/mol. The second kappa shape index (κ2) is 8.71. The minimum absolute atomic E-state index is 0.0956. The van der Waals surface area contributed by atoms with Crippen LogP contribution in [0.3, 0.4) is 0 Å². The van der Waals surface area contributed by atoms with Gasteiger partial charge in [-0.15, -0.1) is 0 Å². The third-order valence-corrected chi connectivity index (χ3v) is 6.44. The quantitative estimate of drug-likeness (QED) is 0.531. The Bertz CT molecular complexity index is 1220. The van der Waals surface area contributed by atoms with E-state index >= 15 is 0 Å². The molecule has 3 aromatic carbocycles. The summed E-state index contributed by atoms with van der Waals surface area (Å²) in [6.07, 6.45) is 0.844. The minimum Gasteiger partial charge on any atom is -0.326 e. The molecule has 3 aromatic rings. The molecule has 0 aliphatic carbocycles. The summed E-state index contributed by atoms with van der Waals surface area (Å²) >= 11 is 0. The van der Waals surface area contributed by atoms with Crippen LogP contribution in [0.25, 0.3) is 0 Å². The molecule has 0 fully saturated rings. The first-order chi connectivity index (χ1) is 14.9. The van der Waals surface area contributed by atoms with Gasteiger partial charge in [0, 0.05) is 23.5 Å². The number of sulfonamides is 1. The molecule has 0 aromatic heterocycles. The molecular formula is C23H21N3O4S. The average molecular weight is 436 g/mol. The predicted molar refractivity (Wildman–Crippen MR) is 119 cm³/mol. The third-order valence-electron chi connectivity index (χ3n) is 4.96. The lowest BCUT2D eigenvalue weighted by atomic mass is 10.1. The molecule has 0 radical (unpaired) electrons. The van der Waals surface area contributed by atoms with Gasteiger partial charge < -0.3 is 10.6 Å². The summed E-state index contributed by atoms with van der Waals surface area (Å²) in [5.41, 5.74) is 3.45. The second-order valence-corrected chi connectivity index (χ2v) is 8.98. The largest absolute Gasteiger partial charge is 0.326 e. The van der Waals surface area contributed by atoms with Crippen LogP contribution in [0.1, 0.15) is 21.5 Å². The van der Waals surface area contributed by atoms with Crippen molar-refractivity contribution in [3.8, 4) is 0 Å². The lowest BCUT2D eigenvalue weighted by Crippen LogP contribution is -2.26. The predicted octanol–water partition coefficient (Wildman–Crippen LogP) is 2.95. The number of benzene rings is 3. The van der Waals surface area contributed by atoms with Gasteiger partial charge in [0.05, 0.1) is 11.3 Å². The lowest BCUT2D eigenvalue weighted by molar-refractivity contribution is -0.115. The normalized spacial score (nSPS) is 12.8. The van der Waals surface area contributed by atoms with E-state index in [1.54, 1.807) is 30.3 Å². The average Bonchev–Trinajstić information content (AvgIpc) is 3.14. The molecule has 0 saturated heterocycles. The smallest absolute Gasteiger partial charge is 0.255 e. The van der Waals surface area contributed by atoms with Crippen LogP contribution in [-0.4, -0.2) is 26.8 Å². The van der Waals surface area contributed by atoms with E-state index in [1.165, 1.54) is 12.1 Å². The zero-order valence-electron chi connectivity index (χ0n) is 16.6. The van der Waals surface area contributed by atoms with Crippen molar-refractivity contribution in [2.45, 2.75) is 17.7 Å². The first-order valence-electron chi connectivity index (χ1n) is 9.78. The Morgan fingerprint density at radius 2 is 1.71 bits per heavy atom. The Hall–Kier alpha value is -3.49. The minimum atomic E-state index is -3.64. The van der Waals surface area contributed by atoms with E-state index in [1.807, 2.05) is 30.3 Å². The number of carbonyl (C=O) groups is 2. The molecule has 0 saturated carbocycles. The van der Waals surface area contributed by atoms with Crippen LogP contribution in [0.2, 0.25) is 0 Å². The van der Waals surface area contributed by atoms with Gasteiger partial charge in [-0.25, -0.2) is 13.1 Å². The summed E-state index contributed by atoms with van der Waals surface area (Å²) in [5.74, 6) is -0.430. The maximum Gasteiger partial charge on any atom is 0.255 e. The Labute approximate surface area is 180 Å². The van der Waals surface area contributed by atoms with Crippen molar-refractivity contribution in [2.75, 3.05) is 17.2 Å². The maximum absolute atomic E-state index is 12.5. The van der Waals surface area contributed by atoms with Gasteiger partial charge in [-0.2, -0.15) is 0 Å². The van der Waals surface area contributed by atoms with Crippen molar-refractivity contribution < 1.29 is 18.0 Å². The lowest BCUT2D eigenvalue weighted by Gasteiger charge is -2.09. The summed E-state index contributed by atoms with van der Waals surface area (Å²) in [6.45, 7) is 0.292. The molecule has 0 atom stereocenters. The molecule has 0 bridgehead atoms. The number of nitrogens with one attached hydrogen (secondary N) is 3.